The number of nitrogens with one attached hydrogen (secondary N) is 2. The molecule has 7 heteroatoms. The molecule has 0 saturated carbocycles. The van der Waals surface area contributed by atoms with Crippen LogP contribution in [0.1, 0.15) is 10.5 Å². The van der Waals surface area contributed by atoms with Gasteiger partial charge in [-0.05, 0) is 41.8 Å². The molecule has 0 aliphatic heterocycles. The summed E-state index contributed by atoms with van der Waals surface area (Å²) in [5.41, 5.74) is 2.59. The highest BCUT2D eigenvalue weighted by molar-refractivity contribution is 7.13. The number of rotatable bonds is 4. The smallest absolute Gasteiger partial charge is 0.352 e. The molecule has 24 heavy (non-hydrogen) atoms. The number of fused-ring (bicyclic) bond motifs is 1. The first-order valence-electron chi connectivity index (χ1n) is 7.19. The lowest BCUT2D eigenvalue weighted by Crippen LogP contribution is -1.97. The number of anilines is 2. The van der Waals surface area contributed by atoms with Gasteiger partial charge in [0.1, 0.15) is 5.69 Å². The molecule has 3 aromatic heterocycles. The molecule has 0 unspecified atom stereocenters. The quantitative estimate of drug-likeness (QED) is 0.521. The Balaban J connectivity index is 1.64. The Bertz CT molecular complexity index is 1020. The predicted octanol–water partition coefficient (Wildman–Crippen LogP) is 4.13. The van der Waals surface area contributed by atoms with Crippen LogP contribution >= 0.6 is 11.3 Å². The number of benzene rings is 1. The van der Waals surface area contributed by atoms with Crippen LogP contribution in [-0.2, 0) is 0 Å². The lowest BCUT2D eigenvalue weighted by molar-refractivity contribution is 0.0691. The number of aromatic amines is 1. The molecule has 0 aliphatic carbocycles. The molecule has 0 radical (unpaired) electrons. The summed E-state index contributed by atoms with van der Waals surface area (Å²) in [5, 5.41) is 15.0. The van der Waals surface area contributed by atoms with Crippen molar-refractivity contribution in [2.45, 2.75) is 0 Å². The molecule has 118 valence electrons. The van der Waals surface area contributed by atoms with Crippen molar-refractivity contribution in [1.29, 1.82) is 0 Å². The number of thiophene rings is 1. The van der Waals surface area contributed by atoms with E-state index in [1.54, 1.807) is 23.6 Å². The van der Waals surface area contributed by atoms with Gasteiger partial charge in [0.2, 0.25) is 5.95 Å². The highest BCUT2D eigenvalue weighted by Gasteiger charge is 2.08. The first-order valence-corrected chi connectivity index (χ1v) is 8.07. The second-order valence-corrected chi connectivity index (χ2v) is 6.11. The van der Waals surface area contributed by atoms with Gasteiger partial charge in [0.15, 0.2) is 0 Å². The van der Waals surface area contributed by atoms with Gasteiger partial charge in [-0.15, -0.1) is 11.3 Å². The molecule has 4 rings (SSSR count). The minimum Gasteiger partial charge on any atom is -0.477 e. The third-order valence-electron chi connectivity index (χ3n) is 3.54. The maximum atomic E-state index is 11.0. The standard InChI is InChI=1S/C17H12N4O2S/c22-16(23)14-9-10-8-11(3-4-12(10)20-14)19-17-18-6-5-13(21-17)15-2-1-7-24-15/h1-9,20H,(H,22,23)(H,18,19,21). The van der Waals surface area contributed by atoms with Gasteiger partial charge in [-0.25, -0.2) is 14.8 Å². The van der Waals surface area contributed by atoms with Crippen LogP contribution in [0.5, 0.6) is 0 Å². The van der Waals surface area contributed by atoms with E-state index in [1.807, 2.05) is 41.8 Å². The van der Waals surface area contributed by atoms with Gasteiger partial charge < -0.3 is 15.4 Å². The van der Waals surface area contributed by atoms with E-state index in [0.717, 1.165) is 27.2 Å². The van der Waals surface area contributed by atoms with Gasteiger partial charge in [-0.3, -0.25) is 0 Å². The molecule has 6 nitrogen and oxygen atoms in total. The van der Waals surface area contributed by atoms with Crippen LogP contribution in [0.2, 0.25) is 0 Å². The first kappa shape index (κ1) is 14.4. The second kappa shape index (κ2) is 5.78. The monoisotopic (exact) mass is 336 g/mol. The average molecular weight is 336 g/mol. The van der Waals surface area contributed by atoms with Gasteiger partial charge >= 0.3 is 5.97 Å². The molecule has 0 aliphatic rings. The number of hydrogen-bond acceptors (Lipinski definition) is 5. The maximum Gasteiger partial charge on any atom is 0.352 e. The minimum atomic E-state index is -0.979. The highest BCUT2D eigenvalue weighted by atomic mass is 32.1. The summed E-state index contributed by atoms with van der Waals surface area (Å²) in [4.78, 5) is 23.7. The van der Waals surface area contributed by atoms with Crippen LogP contribution in [-0.4, -0.2) is 26.0 Å². The SMILES string of the molecule is O=C(O)c1cc2cc(Nc3nccc(-c4cccs4)n3)ccc2[nH]1. The number of carboxylic acid groups (broad SMARTS) is 1. The highest BCUT2D eigenvalue weighted by Crippen LogP contribution is 2.25. The number of nitrogens with zero attached hydrogens (tertiary/aromatic N) is 2. The lowest BCUT2D eigenvalue weighted by Gasteiger charge is -2.06. The van der Waals surface area contributed by atoms with Crippen molar-refractivity contribution in [3.05, 3.63) is 59.7 Å². The Morgan fingerprint density at radius 3 is 2.92 bits per heavy atom. The van der Waals surface area contributed by atoms with E-state index in [0.29, 0.717) is 5.95 Å². The van der Waals surface area contributed by atoms with E-state index < -0.39 is 5.97 Å². The Morgan fingerprint density at radius 2 is 2.12 bits per heavy atom. The van der Waals surface area contributed by atoms with Crippen molar-refractivity contribution in [2.24, 2.45) is 0 Å². The first-order chi connectivity index (χ1) is 11.7. The lowest BCUT2D eigenvalue weighted by atomic mass is 10.2. The molecule has 3 heterocycles. The summed E-state index contributed by atoms with van der Waals surface area (Å²) in [6, 6.07) is 13.0. The second-order valence-electron chi connectivity index (χ2n) is 5.16. The van der Waals surface area contributed by atoms with E-state index in [4.69, 9.17) is 5.11 Å². The number of H-pyrrole nitrogens is 1. The van der Waals surface area contributed by atoms with Crippen LogP contribution in [0, 0.1) is 0 Å². The van der Waals surface area contributed by atoms with E-state index in [2.05, 4.69) is 20.3 Å². The van der Waals surface area contributed by atoms with Crippen molar-refractivity contribution in [3.8, 4) is 10.6 Å². The topological polar surface area (TPSA) is 90.9 Å². The number of carbonyl (C=O) groups is 1. The Hall–Kier alpha value is -3.19. The zero-order valence-electron chi connectivity index (χ0n) is 12.4. The summed E-state index contributed by atoms with van der Waals surface area (Å²) < 4.78 is 0. The van der Waals surface area contributed by atoms with Gasteiger partial charge in [0.25, 0.3) is 0 Å². The van der Waals surface area contributed by atoms with Crippen LogP contribution in [0.4, 0.5) is 11.6 Å². The fraction of sp³-hybridized carbons (Fsp3) is 0. The fourth-order valence-corrected chi connectivity index (χ4v) is 3.13. The fourth-order valence-electron chi connectivity index (χ4n) is 2.44. The zero-order valence-corrected chi connectivity index (χ0v) is 13.2. The minimum absolute atomic E-state index is 0.165. The van der Waals surface area contributed by atoms with Gasteiger partial charge in [0.05, 0.1) is 10.6 Å². The Labute approximate surface area is 140 Å². The molecule has 3 N–H and O–H groups in total. The molecule has 0 fully saturated rings. The summed E-state index contributed by atoms with van der Waals surface area (Å²) in [6.07, 6.45) is 1.71. The third kappa shape index (κ3) is 2.72. The van der Waals surface area contributed by atoms with Crippen LogP contribution in [0.25, 0.3) is 21.5 Å². The summed E-state index contributed by atoms with van der Waals surface area (Å²) >= 11 is 1.62. The predicted molar refractivity (Wildman–Crippen MR) is 93.9 cm³/mol. The molecular formula is C17H12N4O2S. The summed E-state index contributed by atoms with van der Waals surface area (Å²) in [5.74, 6) is -0.484. The molecular weight excluding hydrogens is 324 g/mol. The van der Waals surface area contributed by atoms with Crippen molar-refractivity contribution in [3.63, 3.8) is 0 Å². The normalized spacial score (nSPS) is 10.8. The summed E-state index contributed by atoms with van der Waals surface area (Å²) in [7, 11) is 0. The van der Waals surface area contributed by atoms with Crippen molar-refractivity contribution < 1.29 is 9.90 Å². The largest absolute Gasteiger partial charge is 0.477 e. The van der Waals surface area contributed by atoms with Crippen molar-refractivity contribution in [1.82, 2.24) is 15.0 Å². The molecule has 0 amide bonds. The Morgan fingerprint density at radius 1 is 1.21 bits per heavy atom. The van der Waals surface area contributed by atoms with Gasteiger partial charge in [0, 0.05) is 22.8 Å². The van der Waals surface area contributed by atoms with Crippen molar-refractivity contribution >= 4 is 39.8 Å². The van der Waals surface area contributed by atoms with Crippen LogP contribution in [0.3, 0.4) is 0 Å². The third-order valence-corrected chi connectivity index (χ3v) is 4.43. The zero-order chi connectivity index (χ0) is 16.5. The number of aromatic nitrogens is 3. The molecule has 0 atom stereocenters. The van der Waals surface area contributed by atoms with E-state index in [1.165, 1.54) is 0 Å². The van der Waals surface area contributed by atoms with E-state index in [-0.39, 0.29) is 5.69 Å². The van der Waals surface area contributed by atoms with E-state index in [9.17, 15) is 4.79 Å². The van der Waals surface area contributed by atoms with Gasteiger partial charge in [-0.1, -0.05) is 6.07 Å². The number of hydrogen-bond donors (Lipinski definition) is 3. The van der Waals surface area contributed by atoms with Gasteiger partial charge in [-0.2, -0.15) is 0 Å². The van der Waals surface area contributed by atoms with Crippen LogP contribution in [0.15, 0.2) is 54.0 Å². The Kier molecular flexibility index (Phi) is 3.47. The van der Waals surface area contributed by atoms with Crippen LogP contribution < -0.4 is 5.32 Å². The molecule has 0 saturated heterocycles. The van der Waals surface area contributed by atoms with Crippen molar-refractivity contribution in [2.75, 3.05) is 5.32 Å². The number of carboxylic acids is 1. The summed E-state index contributed by atoms with van der Waals surface area (Å²) in [6.45, 7) is 0. The molecule has 1 aromatic carbocycles. The molecule has 4 aromatic rings. The van der Waals surface area contributed by atoms with E-state index >= 15 is 0 Å². The molecule has 0 spiro atoms. The average Bonchev–Trinajstić information content (AvgIpc) is 3.24. The maximum absolute atomic E-state index is 11.0. The molecule has 0 bridgehead atoms. The number of aromatic carboxylic acids is 1.